The maximum Gasteiger partial charge on any atom is 0.151 e. The Kier molecular flexibility index (Phi) is 3.97. The quantitative estimate of drug-likeness (QED) is 0.778. The molecule has 0 bridgehead atoms. The number of aromatic nitrogens is 2. The molecule has 2 saturated carbocycles. The summed E-state index contributed by atoms with van der Waals surface area (Å²) in [6, 6.07) is 4.25. The van der Waals surface area contributed by atoms with Crippen LogP contribution in [0.3, 0.4) is 0 Å². The summed E-state index contributed by atoms with van der Waals surface area (Å²) in [5.74, 6) is 2.88. The smallest absolute Gasteiger partial charge is 0.151 e. The van der Waals surface area contributed by atoms with Gasteiger partial charge in [0.15, 0.2) is 5.82 Å². The molecule has 0 radical (unpaired) electrons. The molecule has 3 rings (SSSR count). The van der Waals surface area contributed by atoms with Crippen LogP contribution in [-0.2, 0) is 6.54 Å². The van der Waals surface area contributed by atoms with E-state index in [0.717, 1.165) is 36.4 Å². The van der Waals surface area contributed by atoms with Crippen LogP contribution in [0.1, 0.15) is 38.3 Å². The molecule has 2 aliphatic rings. The first-order valence-electron chi connectivity index (χ1n) is 7.63. The second kappa shape index (κ2) is 5.87. The van der Waals surface area contributed by atoms with Crippen molar-refractivity contribution < 1.29 is 0 Å². The van der Waals surface area contributed by atoms with Gasteiger partial charge in [0, 0.05) is 19.6 Å². The normalized spacial score (nSPS) is 18.6. The van der Waals surface area contributed by atoms with Crippen LogP contribution in [0, 0.1) is 11.8 Å². The maximum atomic E-state index is 4.43. The Morgan fingerprint density at radius 3 is 2.26 bits per heavy atom. The summed E-state index contributed by atoms with van der Waals surface area (Å²) in [6.45, 7) is 6.25. The summed E-state index contributed by atoms with van der Waals surface area (Å²) in [6.07, 6.45) is 5.58. The molecule has 1 aromatic rings. The van der Waals surface area contributed by atoms with Gasteiger partial charge in [0.1, 0.15) is 0 Å². The first-order valence-corrected chi connectivity index (χ1v) is 7.63. The van der Waals surface area contributed by atoms with Crippen molar-refractivity contribution in [2.24, 2.45) is 11.8 Å². The van der Waals surface area contributed by atoms with E-state index in [-0.39, 0.29) is 0 Å². The fraction of sp³-hybridized carbons (Fsp3) is 0.733. The van der Waals surface area contributed by atoms with E-state index in [0.29, 0.717) is 0 Å². The molecule has 2 fully saturated rings. The third kappa shape index (κ3) is 3.90. The molecule has 104 valence electrons. The number of hydrogen-bond acceptors (Lipinski definition) is 4. The van der Waals surface area contributed by atoms with Crippen LogP contribution in [0.15, 0.2) is 12.1 Å². The average molecular weight is 260 g/mol. The van der Waals surface area contributed by atoms with Crippen molar-refractivity contribution in [3.8, 4) is 0 Å². The van der Waals surface area contributed by atoms with Crippen molar-refractivity contribution in [1.82, 2.24) is 15.5 Å². The Morgan fingerprint density at radius 1 is 1.11 bits per heavy atom. The van der Waals surface area contributed by atoms with E-state index in [2.05, 4.69) is 39.5 Å². The molecule has 1 heterocycles. The third-order valence-electron chi connectivity index (χ3n) is 3.94. The van der Waals surface area contributed by atoms with Crippen molar-refractivity contribution in [3.05, 3.63) is 17.8 Å². The molecule has 0 aliphatic heterocycles. The molecule has 4 nitrogen and oxygen atoms in total. The molecule has 0 saturated heterocycles. The Morgan fingerprint density at radius 2 is 1.79 bits per heavy atom. The van der Waals surface area contributed by atoms with Gasteiger partial charge >= 0.3 is 0 Å². The van der Waals surface area contributed by atoms with E-state index in [4.69, 9.17) is 0 Å². The minimum Gasteiger partial charge on any atom is -0.355 e. The highest BCUT2D eigenvalue weighted by Gasteiger charge is 2.29. The molecular weight excluding hydrogens is 236 g/mol. The minimum absolute atomic E-state index is 0.815. The van der Waals surface area contributed by atoms with Gasteiger partial charge in [-0.05, 0) is 56.2 Å². The van der Waals surface area contributed by atoms with Crippen molar-refractivity contribution in [3.63, 3.8) is 0 Å². The van der Waals surface area contributed by atoms with E-state index < -0.39 is 0 Å². The summed E-state index contributed by atoms with van der Waals surface area (Å²) in [7, 11) is 0. The van der Waals surface area contributed by atoms with E-state index in [1.807, 2.05) is 0 Å². The van der Waals surface area contributed by atoms with E-state index in [1.54, 1.807) is 0 Å². The summed E-state index contributed by atoms with van der Waals surface area (Å²) in [5.41, 5.74) is 1.03. The highest BCUT2D eigenvalue weighted by molar-refractivity contribution is 5.38. The average Bonchev–Trinajstić information content (AvgIpc) is 3.31. The van der Waals surface area contributed by atoms with Crippen LogP contribution < -0.4 is 10.2 Å². The summed E-state index contributed by atoms with van der Waals surface area (Å²) < 4.78 is 0. The van der Waals surface area contributed by atoms with Crippen LogP contribution >= 0.6 is 0 Å². The van der Waals surface area contributed by atoms with E-state index >= 15 is 0 Å². The minimum atomic E-state index is 0.815. The van der Waals surface area contributed by atoms with Crippen LogP contribution in [0.5, 0.6) is 0 Å². The maximum absolute atomic E-state index is 4.43. The Hall–Kier alpha value is -1.16. The number of nitrogens with one attached hydrogen (secondary N) is 1. The zero-order valence-electron chi connectivity index (χ0n) is 11.8. The molecule has 0 amide bonds. The summed E-state index contributed by atoms with van der Waals surface area (Å²) in [5, 5.41) is 12.0. The van der Waals surface area contributed by atoms with Gasteiger partial charge in [-0.1, -0.05) is 6.92 Å². The molecule has 1 N–H and O–H groups in total. The predicted molar refractivity (Wildman–Crippen MR) is 77.1 cm³/mol. The Bertz CT molecular complexity index is 381. The van der Waals surface area contributed by atoms with E-state index in [1.165, 1.54) is 38.8 Å². The van der Waals surface area contributed by atoms with Crippen molar-refractivity contribution in [2.45, 2.75) is 39.2 Å². The molecule has 0 atom stereocenters. The lowest BCUT2D eigenvalue weighted by molar-refractivity contribution is 0.657. The largest absolute Gasteiger partial charge is 0.355 e. The molecular formula is C15H24N4. The summed E-state index contributed by atoms with van der Waals surface area (Å²) >= 11 is 0. The first-order chi connectivity index (χ1) is 9.35. The van der Waals surface area contributed by atoms with Gasteiger partial charge < -0.3 is 10.2 Å². The van der Waals surface area contributed by atoms with Crippen molar-refractivity contribution >= 4 is 5.82 Å². The zero-order valence-corrected chi connectivity index (χ0v) is 11.8. The Balaban J connectivity index is 1.62. The molecule has 0 spiro atoms. The fourth-order valence-electron chi connectivity index (χ4n) is 2.35. The first kappa shape index (κ1) is 12.9. The second-order valence-corrected chi connectivity index (χ2v) is 5.95. The van der Waals surface area contributed by atoms with Crippen molar-refractivity contribution in [2.75, 3.05) is 24.5 Å². The van der Waals surface area contributed by atoms with Gasteiger partial charge in [-0.15, -0.1) is 5.10 Å². The topological polar surface area (TPSA) is 41.0 Å². The van der Waals surface area contributed by atoms with Crippen LogP contribution in [0.25, 0.3) is 0 Å². The standard InChI is InChI=1S/C15H24N4/c1-2-16-9-14-7-8-15(18-17-14)19(10-12-3-4-12)11-13-5-6-13/h7-8,12-13,16H,2-6,9-11H2,1H3. The van der Waals surface area contributed by atoms with Gasteiger partial charge in [0.05, 0.1) is 5.69 Å². The SMILES string of the molecule is CCNCc1ccc(N(CC2CC2)CC2CC2)nn1. The molecule has 0 unspecified atom stereocenters. The number of hydrogen-bond donors (Lipinski definition) is 1. The van der Waals surface area contributed by atoms with Gasteiger partial charge in [-0.3, -0.25) is 0 Å². The monoisotopic (exact) mass is 260 g/mol. The highest BCUT2D eigenvalue weighted by Crippen LogP contribution is 2.35. The fourth-order valence-corrected chi connectivity index (χ4v) is 2.35. The van der Waals surface area contributed by atoms with Crippen LogP contribution in [0.4, 0.5) is 5.82 Å². The third-order valence-corrected chi connectivity index (χ3v) is 3.94. The summed E-state index contributed by atoms with van der Waals surface area (Å²) in [4.78, 5) is 2.46. The van der Waals surface area contributed by atoms with Crippen molar-refractivity contribution in [1.29, 1.82) is 0 Å². The number of rotatable bonds is 8. The van der Waals surface area contributed by atoms with Gasteiger partial charge in [-0.2, -0.15) is 5.10 Å². The zero-order chi connectivity index (χ0) is 13.1. The van der Waals surface area contributed by atoms with E-state index in [9.17, 15) is 0 Å². The second-order valence-electron chi connectivity index (χ2n) is 5.95. The van der Waals surface area contributed by atoms with Gasteiger partial charge in [-0.25, -0.2) is 0 Å². The number of nitrogens with zero attached hydrogens (tertiary/aromatic N) is 3. The lowest BCUT2D eigenvalue weighted by atomic mass is 10.3. The molecule has 19 heavy (non-hydrogen) atoms. The van der Waals surface area contributed by atoms with Crippen LogP contribution in [-0.4, -0.2) is 29.8 Å². The lowest BCUT2D eigenvalue weighted by Crippen LogP contribution is -2.29. The molecule has 2 aliphatic carbocycles. The molecule has 4 heteroatoms. The van der Waals surface area contributed by atoms with Gasteiger partial charge in [0.2, 0.25) is 0 Å². The molecule has 0 aromatic carbocycles. The van der Waals surface area contributed by atoms with Gasteiger partial charge in [0.25, 0.3) is 0 Å². The lowest BCUT2D eigenvalue weighted by Gasteiger charge is -2.23. The number of anilines is 1. The highest BCUT2D eigenvalue weighted by atomic mass is 15.3. The van der Waals surface area contributed by atoms with Crippen LogP contribution in [0.2, 0.25) is 0 Å². The molecule has 1 aromatic heterocycles. The Labute approximate surface area is 115 Å². The predicted octanol–water partition coefficient (Wildman–Crippen LogP) is 2.21.